The Kier molecular flexibility index (Phi) is 5.39. The maximum atomic E-state index is 5.68. The van der Waals surface area contributed by atoms with Crippen LogP contribution in [0.3, 0.4) is 0 Å². The fourth-order valence-corrected chi connectivity index (χ4v) is 1.01. The van der Waals surface area contributed by atoms with Crippen molar-refractivity contribution < 1.29 is 14.2 Å². The van der Waals surface area contributed by atoms with Gasteiger partial charge in [-0.2, -0.15) is 0 Å². The van der Waals surface area contributed by atoms with Gasteiger partial charge in [-0.3, -0.25) is 0 Å². The van der Waals surface area contributed by atoms with Crippen LogP contribution in [0.2, 0.25) is 0 Å². The molecule has 0 aromatic heterocycles. The van der Waals surface area contributed by atoms with Crippen LogP contribution < -0.4 is 0 Å². The van der Waals surface area contributed by atoms with Gasteiger partial charge < -0.3 is 14.2 Å². The summed E-state index contributed by atoms with van der Waals surface area (Å²) in [6, 6.07) is 0. The number of ether oxygens (including phenoxy) is 3. The lowest BCUT2D eigenvalue weighted by molar-refractivity contribution is -0.00307. The molecule has 1 aliphatic rings. The number of epoxide rings is 1. The summed E-state index contributed by atoms with van der Waals surface area (Å²) < 4.78 is 15.7. The maximum Gasteiger partial charge on any atom is 0.104 e. The third-order valence-electron chi connectivity index (χ3n) is 1.63. The Labute approximate surface area is 83.6 Å². The van der Waals surface area contributed by atoms with E-state index in [0.29, 0.717) is 25.7 Å². The Hall–Kier alpha value is -0.0900. The maximum absolute atomic E-state index is 5.68. The summed E-state index contributed by atoms with van der Waals surface area (Å²) in [5, 5.41) is 0. The topological polar surface area (TPSA) is 31.0 Å². The Balaban J connectivity index is 1.98. The number of hydrogen-bond acceptors (Lipinski definition) is 3. The molecule has 1 rings (SSSR count). The first-order valence-electron chi connectivity index (χ1n) is 4.34. The zero-order valence-electron chi connectivity index (χ0n) is 7.58. The van der Waals surface area contributed by atoms with E-state index >= 15 is 0 Å². The number of hydrogen-bond donors (Lipinski definition) is 0. The van der Waals surface area contributed by atoms with Crippen LogP contribution in [0, 0.1) is 0 Å². The van der Waals surface area contributed by atoms with E-state index in [9.17, 15) is 0 Å². The smallest absolute Gasteiger partial charge is 0.104 e. The second-order valence-electron chi connectivity index (χ2n) is 2.89. The minimum atomic E-state index is -0.0363. The van der Waals surface area contributed by atoms with Gasteiger partial charge in [0.2, 0.25) is 0 Å². The van der Waals surface area contributed by atoms with Crippen LogP contribution in [0.15, 0.2) is 12.7 Å². The first kappa shape index (κ1) is 11.0. The zero-order valence-corrected chi connectivity index (χ0v) is 8.33. The van der Waals surface area contributed by atoms with Crippen molar-refractivity contribution in [3.8, 4) is 0 Å². The SMILES string of the molecule is C=CCOC[C@H](CCl)OC[C@@H]1CO1. The summed E-state index contributed by atoms with van der Waals surface area (Å²) in [5.41, 5.74) is 0. The van der Waals surface area contributed by atoms with Crippen molar-refractivity contribution in [1.82, 2.24) is 0 Å². The lowest BCUT2D eigenvalue weighted by Crippen LogP contribution is -2.23. The molecule has 1 saturated heterocycles. The van der Waals surface area contributed by atoms with Gasteiger partial charge in [-0.1, -0.05) is 6.08 Å². The summed E-state index contributed by atoms with van der Waals surface area (Å²) in [5.74, 6) is 0.448. The van der Waals surface area contributed by atoms with Gasteiger partial charge >= 0.3 is 0 Å². The van der Waals surface area contributed by atoms with Crippen LogP contribution in [-0.2, 0) is 14.2 Å². The number of halogens is 1. The first-order valence-corrected chi connectivity index (χ1v) is 4.88. The Bertz CT molecular complexity index is 148. The molecule has 0 unspecified atom stereocenters. The predicted molar refractivity (Wildman–Crippen MR) is 51.2 cm³/mol. The van der Waals surface area contributed by atoms with Crippen molar-refractivity contribution >= 4 is 11.6 Å². The number of alkyl halides is 1. The van der Waals surface area contributed by atoms with Crippen molar-refractivity contribution in [2.24, 2.45) is 0 Å². The molecule has 0 amide bonds. The van der Waals surface area contributed by atoms with Crippen molar-refractivity contribution in [3.05, 3.63) is 12.7 Å². The van der Waals surface area contributed by atoms with Crippen molar-refractivity contribution in [2.45, 2.75) is 12.2 Å². The summed E-state index contributed by atoms with van der Waals surface area (Å²) in [6.07, 6.45) is 1.95. The average Bonchev–Trinajstić information content (AvgIpc) is 2.94. The van der Waals surface area contributed by atoms with E-state index in [1.807, 2.05) is 0 Å². The zero-order chi connectivity index (χ0) is 9.52. The van der Waals surface area contributed by atoms with E-state index in [0.717, 1.165) is 6.61 Å². The quantitative estimate of drug-likeness (QED) is 0.259. The molecule has 0 aromatic carbocycles. The molecule has 2 atom stereocenters. The molecule has 1 aliphatic heterocycles. The molecule has 13 heavy (non-hydrogen) atoms. The van der Waals surface area contributed by atoms with E-state index in [4.69, 9.17) is 25.8 Å². The molecule has 0 radical (unpaired) electrons. The summed E-state index contributed by atoms with van der Waals surface area (Å²) in [6.45, 7) is 6.03. The van der Waals surface area contributed by atoms with E-state index in [1.54, 1.807) is 6.08 Å². The third-order valence-corrected chi connectivity index (χ3v) is 1.98. The molecular formula is C9H15ClO3. The second-order valence-corrected chi connectivity index (χ2v) is 3.20. The van der Waals surface area contributed by atoms with Crippen molar-refractivity contribution in [3.63, 3.8) is 0 Å². The van der Waals surface area contributed by atoms with Gasteiger partial charge in [-0.05, 0) is 0 Å². The van der Waals surface area contributed by atoms with Crippen LogP contribution >= 0.6 is 11.6 Å². The van der Waals surface area contributed by atoms with E-state index in [1.165, 1.54) is 0 Å². The molecule has 1 fully saturated rings. The average molecular weight is 207 g/mol. The monoisotopic (exact) mass is 206 g/mol. The van der Waals surface area contributed by atoms with Gasteiger partial charge in [-0.15, -0.1) is 18.2 Å². The van der Waals surface area contributed by atoms with Crippen molar-refractivity contribution in [2.75, 3.05) is 32.3 Å². The van der Waals surface area contributed by atoms with Gasteiger partial charge in [0.05, 0.1) is 38.4 Å². The highest BCUT2D eigenvalue weighted by molar-refractivity contribution is 6.18. The summed E-state index contributed by atoms with van der Waals surface area (Å²) in [4.78, 5) is 0. The fourth-order valence-electron chi connectivity index (χ4n) is 0.828. The molecular weight excluding hydrogens is 192 g/mol. The van der Waals surface area contributed by atoms with Crippen LogP contribution in [0.4, 0.5) is 0 Å². The second kappa shape index (κ2) is 6.38. The summed E-state index contributed by atoms with van der Waals surface area (Å²) in [7, 11) is 0. The Morgan fingerprint density at radius 1 is 1.69 bits per heavy atom. The molecule has 0 spiro atoms. The van der Waals surface area contributed by atoms with Crippen molar-refractivity contribution in [1.29, 1.82) is 0 Å². The lowest BCUT2D eigenvalue weighted by atomic mass is 10.4. The van der Waals surface area contributed by atoms with Gasteiger partial charge in [0, 0.05) is 0 Å². The Morgan fingerprint density at radius 3 is 3.00 bits per heavy atom. The van der Waals surface area contributed by atoms with Gasteiger partial charge in [0.15, 0.2) is 0 Å². The molecule has 1 heterocycles. The first-order chi connectivity index (χ1) is 6.36. The molecule has 3 nitrogen and oxygen atoms in total. The predicted octanol–water partition coefficient (Wildman–Crippen LogP) is 1.21. The van der Waals surface area contributed by atoms with Gasteiger partial charge in [0.25, 0.3) is 0 Å². The molecule has 76 valence electrons. The fraction of sp³-hybridized carbons (Fsp3) is 0.778. The largest absolute Gasteiger partial charge is 0.375 e. The highest BCUT2D eigenvalue weighted by atomic mass is 35.5. The van der Waals surface area contributed by atoms with Crippen LogP contribution in [0.5, 0.6) is 0 Å². The van der Waals surface area contributed by atoms with Gasteiger partial charge in [0.1, 0.15) is 6.10 Å². The van der Waals surface area contributed by atoms with Crippen LogP contribution in [-0.4, -0.2) is 44.5 Å². The van der Waals surface area contributed by atoms with Crippen LogP contribution in [0.25, 0.3) is 0 Å². The molecule has 0 N–H and O–H groups in total. The minimum absolute atomic E-state index is 0.0363. The molecule has 0 bridgehead atoms. The number of rotatable bonds is 8. The standard InChI is InChI=1S/C9H15ClO3/c1-2-3-11-5-8(4-10)12-6-9-7-13-9/h2,8-9H,1,3-7H2/t8-,9+/m0/s1. The highest BCUT2D eigenvalue weighted by Gasteiger charge is 2.24. The molecule has 4 heteroatoms. The van der Waals surface area contributed by atoms with E-state index in [2.05, 4.69) is 6.58 Å². The minimum Gasteiger partial charge on any atom is -0.375 e. The van der Waals surface area contributed by atoms with E-state index < -0.39 is 0 Å². The molecule has 0 aromatic rings. The summed E-state index contributed by atoms with van der Waals surface area (Å²) >= 11 is 5.68. The highest BCUT2D eigenvalue weighted by Crippen LogP contribution is 2.10. The normalized spacial score (nSPS) is 22.7. The Morgan fingerprint density at radius 2 is 2.46 bits per heavy atom. The molecule has 0 aliphatic carbocycles. The lowest BCUT2D eigenvalue weighted by Gasteiger charge is -2.13. The van der Waals surface area contributed by atoms with E-state index in [-0.39, 0.29) is 12.2 Å². The van der Waals surface area contributed by atoms with Crippen LogP contribution in [0.1, 0.15) is 0 Å². The molecule has 0 saturated carbocycles. The third kappa shape index (κ3) is 5.26. The van der Waals surface area contributed by atoms with Gasteiger partial charge in [-0.25, -0.2) is 0 Å².